The molecule has 2 unspecified atom stereocenters. The van der Waals surface area contributed by atoms with Crippen LogP contribution in [0.25, 0.3) is 0 Å². The Morgan fingerprint density at radius 2 is 1.91 bits per heavy atom. The van der Waals surface area contributed by atoms with E-state index in [-0.39, 0.29) is 18.0 Å². The lowest BCUT2D eigenvalue weighted by Gasteiger charge is -2.36. The monoisotopic (exact) mass is 307 g/mol. The first kappa shape index (κ1) is 14.4. The van der Waals surface area contributed by atoms with Gasteiger partial charge in [-0.15, -0.1) is 0 Å². The summed E-state index contributed by atoms with van der Waals surface area (Å²) in [6.07, 6.45) is 6.43. The minimum absolute atomic E-state index is 0.137. The average Bonchev–Trinajstić information content (AvgIpc) is 2.81. The molecule has 0 saturated carbocycles. The molecule has 118 valence electrons. The van der Waals surface area contributed by atoms with Crippen LogP contribution in [-0.2, 0) is 6.42 Å². The van der Waals surface area contributed by atoms with Gasteiger partial charge in [0.15, 0.2) is 0 Å². The van der Waals surface area contributed by atoms with Crippen LogP contribution in [0.4, 0.5) is 0 Å². The number of carbonyl (C=O) groups is 1. The number of benzene rings is 1. The van der Waals surface area contributed by atoms with Crippen LogP contribution in [0.15, 0.2) is 24.7 Å². The van der Waals surface area contributed by atoms with E-state index in [0.29, 0.717) is 0 Å². The topological polar surface area (TPSA) is 46.1 Å². The van der Waals surface area contributed by atoms with E-state index in [4.69, 9.17) is 0 Å². The molecule has 4 heteroatoms. The summed E-state index contributed by atoms with van der Waals surface area (Å²) in [7, 11) is 0. The van der Waals surface area contributed by atoms with Crippen LogP contribution in [0.5, 0.6) is 0 Å². The number of hydrogen-bond acceptors (Lipinski definition) is 3. The van der Waals surface area contributed by atoms with Crippen molar-refractivity contribution in [2.45, 2.75) is 52.1 Å². The lowest BCUT2D eigenvalue weighted by atomic mass is 9.94. The predicted molar refractivity (Wildman–Crippen MR) is 88.3 cm³/mol. The zero-order valence-corrected chi connectivity index (χ0v) is 13.8. The Bertz CT molecular complexity index is 776. The molecule has 4 rings (SSSR count). The van der Waals surface area contributed by atoms with Crippen LogP contribution in [0.3, 0.4) is 0 Å². The normalized spacial score (nSPS) is 22.1. The van der Waals surface area contributed by atoms with Crippen LogP contribution in [0, 0.1) is 20.8 Å². The summed E-state index contributed by atoms with van der Waals surface area (Å²) in [5.74, 6) is 0.169. The third kappa shape index (κ3) is 2.16. The number of rotatable bonds is 1. The van der Waals surface area contributed by atoms with Gasteiger partial charge in [0.1, 0.15) is 6.33 Å². The number of aromatic nitrogens is 2. The lowest BCUT2D eigenvalue weighted by Crippen LogP contribution is -2.42. The van der Waals surface area contributed by atoms with Crippen molar-refractivity contribution in [1.82, 2.24) is 14.9 Å². The smallest absolute Gasteiger partial charge is 0.255 e. The van der Waals surface area contributed by atoms with E-state index >= 15 is 0 Å². The number of hydrogen-bond donors (Lipinski definition) is 0. The summed E-state index contributed by atoms with van der Waals surface area (Å²) in [5.41, 5.74) is 6.47. The summed E-state index contributed by atoms with van der Waals surface area (Å²) in [5, 5.41) is 0. The quantitative estimate of drug-likeness (QED) is 0.812. The highest BCUT2D eigenvalue weighted by atomic mass is 16.2. The van der Waals surface area contributed by atoms with E-state index in [1.807, 2.05) is 20.0 Å². The second kappa shape index (κ2) is 5.15. The fraction of sp³-hybridized carbons (Fsp3) is 0.421. The maximum absolute atomic E-state index is 13.3. The SMILES string of the molecule is Cc1cc(C)c(C(=O)N2C3CCC2c2cncnc2C3)c(C)c1. The minimum atomic E-state index is 0.137. The maximum atomic E-state index is 13.3. The van der Waals surface area contributed by atoms with Crippen molar-refractivity contribution in [2.75, 3.05) is 0 Å². The number of aryl methyl sites for hydroxylation is 3. The summed E-state index contributed by atoms with van der Waals surface area (Å²) < 4.78 is 0. The van der Waals surface area contributed by atoms with Crippen molar-refractivity contribution >= 4 is 5.91 Å². The van der Waals surface area contributed by atoms with E-state index in [0.717, 1.165) is 47.2 Å². The molecule has 1 amide bonds. The zero-order valence-electron chi connectivity index (χ0n) is 13.8. The van der Waals surface area contributed by atoms with E-state index in [2.05, 4.69) is 33.9 Å². The van der Waals surface area contributed by atoms with Crippen LogP contribution in [0.2, 0.25) is 0 Å². The van der Waals surface area contributed by atoms with Gasteiger partial charge in [-0.05, 0) is 44.7 Å². The first-order chi connectivity index (χ1) is 11.1. The van der Waals surface area contributed by atoms with Gasteiger partial charge < -0.3 is 4.90 Å². The molecule has 1 fully saturated rings. The average molecular weight is 307 g/mol. The van der Waals surface area contributed by atoms with Gasteiger partial charge in [0.2, 0.25) is 0 Å². The molecule has 3 heterocycles. The molecule has 2 bridgehead atoms. The van der Waals surface area contributed by atoms with E-state index in [1.165, 1.54) is 5.56 Å². The molecule has 1 saturated heterocycles. The van der Waals surface area contributed by atoms with Gasteiger partial charge in [-0.3, -0.25) is 4.79 Å². The Morgan fingerprint density at radius 1 is 1.17 bits per heavy atom. The number of fused-ring (bicyclic) bond motifs is 4. The molecule has 2 atom stereocenters. The van der Waals surface area contributed by atoms with E-state index in [9.17, 15) is 4.79 Å². The van der Waals surface area contributed by atoms with Crippen LogP contribution < -0.4 is 0 Å². The van der Waals surface area contributed by atoms with Crippen LogP contribution in [0.1, 0.15) is 57.2 Å². The van der Waals surface area contributed by atoms with Crippen LogP contribution in [-0.4, -0.2) is 26.8 Å². The molecule has 1 aromatic carbocycles. The van der Waals surface area contributed by atoms with Gasteiger partial charge in [-0.1, -0.05) is 17.7 Å². The Balaban J connectivity index is 1.77. The minimum Gasteiger partial charge on any atom is -0.328 e. The summed E-state index contributed by atoms with van der Waals surface area (Å²) in [6, 6.07) is 4.61. The molecule has 0 aliphatic carbocycles. The number of nitrogens with zero attached hydrogens (tertiary/aromatic N) is 3. The Hall–Kier alpha value is -2.23. The first-order valence-electron chi connectivity index (χ1n) is 8.25. The molecule has 0 radical (unpaired) electrons. The second-order valence-electron chi connectivity index (χ2n) is 6.86. The standard InChI is InChI=1S/C19H21N3O/c1-11-6-12(2)18(13(3)7-11)19(23)22-14-4-5-17(22)15-9-20-10-21-16(15)8-14/h6-7,9-10,14,17H,4-5,8H2,1-3H3. The van der Waals surface area contributed by atoms with E-state index < -0.39 is 0 Å². The Morgan fingerprint density at radius 3 is 2.65 bits per heavy atom. The maximum Gasteiger partial charge on any atom is 0.255 e. The van der Waals surface area contributed by atoms with Crippen molar-refractivity contribution in [2.24, 2.45) is 0 Å². The molecule has 4 nitrogen and oxygen atoms in total. The largest absolute Gasteiger partial charge is 0.328 e. The molecule has 0 spiro atoms. The van der Waals surface area contributed by atoms with Gasteiger partial charge in [0, 0.05) is 29.8 Å². The van der Waals surface area contributed by atoms with Gasteiger partial charge in [0.05, 0.1) is 11.7 Å². The Kier molecular flexibility index (Phi) is 3.22. The Labute approximate surface area is 136 Å². The van der Waals surface area contributed by atoms with Gasteiger partial charge in [-0.25, -0.2) is 9.97 Å². The third-order valence-corrected chi connectivity index (χ3v) is 5.24. The molecule has 23 heavy (non-hydrogen) atoms. The lowest BCUT2D eigenvalue weighted by molar-refractivity contribution is 0.0642. The molecule has 2 aliphatic rings. The molecular formula is C19H21N3O. The van der Waals surface area contributed by atoms with Gasteiger partial charge in [-0.2, -0.15) is 0 Å². The van der Waals surface area contributed by atoms with Crippen LogP contribution >= 0.6 is 0 Å². The van der Waals surface area contributed by atoms with Crippen molar-refractivity contribution in [3.63, 3.8) is 0 Å². The predicted octanol–water partition coefficient (Wildman–Crippen LogP) is 3.30. The summed E-state index contributed by atoms with van der Waals surface area (Å²) >= 11 is 0. The van der Waals surface area contributed by atoms with Crippen molar-refractivity contribution in [3.8, 4) is 0 Å². The highest BCUT2D eigenvalue weighted by Gasteiger charge is 2.43. The summed E-state index contributed by atoms with van der Waals surface area (Å²) in [6.45, 7) is 6.15. The molecule has 1 aromatic heterocycles. The highest BCUT2D eigenvalue weighted by molar-refractivity contribution is 5.98. The fourth-order valence-corrected chi connectivity index (χ4v) is 4.38. The molecule has 2 aliphatic heterocycles. The second-order valence-corrected chi connectivity index (χ2v) is 6.86. The van der Waals surface area contributed by atoms with Crippen molar-refractivity contribution < 1.29 is 4.79 Å². The first-order valence-corrected chi connectivity index (χ1v) is 8.25. The highest BCUT2D eigenvalue weighted by Crippen LogP contribution is 2.43. The van der Waals surface area contributed by atoms with Gasteiger partial charge >= 0.3 is 0 Å². The molecular weight excluding hydrogens is 286 g/mol. The molecule has 2 aromatic rings. The fourth-order valence-electron chi connectivity index (χ4n) is 4.38. The third-order valence-electron chi connectivity index (χ3n) is 5.24. The summed E-state index contributed by atoms with van der Waals surface area (Å²) in [4.78, 5) is 24.0. The number of carbonyl (C=O) groups excluding carboxylic acids is 1. The van der Waals surface area contributed by atoms with Crippen molar-refractivity contribution in [1.29, 1.82) is 0 Å². The number of amides is 1. The van der Waals surface area contributed by atoms with E-state index in [1.54, 1.807) is 6.33 Å². The van der Waals surface area contributed by atoms with Gasteiger partial charge in [0.25, 0.3) is 5.91 Å². The zero-order chi connectivity index (χ0) is 16.1. The van der Waals surface area contributed by atoms with Crippen molar-refractivity contribution in [3.05, 3.63) is 58.2 Å². The molecule has 0 N–H and O–H groups in total.